The smallest absolute Gasteiger partial charge is 0.337 e. The number of aryl methyl sites for hydroxylation is 1. The molecule has 0 saturated carbocycles. The summed E-state index contributed by atoms with van der Waals surface area (Å²) in [6.45, 7) is 1.91. The first-order valence-electron chi connectivity index (χ1n) is 8.37. The number of ether oxygens (including phenoxy) is 1. The highest BCUT2D eigenvalue weighted by atomic mass is 16.5. The molecular weight excluding hydrogens is 326 g/mol. The number of benzene rings is 3. The van der Waals surface area contributed by atoms with Crippen LogP contribution < -0.4 is 4.74 Å². The largest absolute Gasteiger partial charge is 0.487 e. The molecule has 0 fully saturated rings. The predicted octanol–water partition coefficient (Wildman–Crippen LogP) is 4.97. The quantitative estimate of drug-likeness (QED) is 0.568. The van der Waals surface area contributed by atoms with E-state index in [4.69, 9.17) is 4.74 Å². The van der Waals surface area contributed by atoms with Gasteiger partial charge in [-0.1, -0.05) is 54.6 Å². The minimum atomic E-state index is -0.989. The number of rotatable bonds is 4. The van der Waals surface area contributed by atoms with Crippen molar-refractivity contribution < 1.29 is 14.6 Å². The van der Waals surface area contributed by atoms with Crippen LogP contribution in [0.3, 0.4) is 0 Å². The molecule has 0 bridgehead atoms. The molecule has 4 nitrogen and oxygen atoms in total. The molecule has 0 atom stereocenters. The second kappa shape index (κ2) is 6.48. The zero-order valence-corrected chi connectivity index (χ0v) is 14.3. The van der Waals surface area contributed by atoms with E-state index in [9.17, 15) is 9.90 Å². The molecular formula is C22H17NO3. The van der Waals surface area contributed by atoms with Gasteiger partial charge in [0, 0.05) is 10.8 Å². The van der Waals surface area contributed by atoms with Crippen molar-refractivity contribution in [3.8, 4) is 5.75 Å². The number of hydrogen-bond donors (Lipinski definition) is 1. The summed E-state index contributed by atoms with van der Waals surface area (Å²) >= 11 is 0. The van der Waals surface area contributed by atoms with Gasteiger partial charge in [0.1, 0.15) is 12.4 Å². The average Bonchev–Trinajstić information content (AvgIpc) is 2.66. The summed E-state index contributed by atoms with van der Waals surface area (Å²) < 4.78 is 5.97. The maximum Gasteiger partial charge on any atom is 0.337 e. The second-order valence-electron chi connectivity index (χ2n) is 6.15. The van der Waals surface area contributed by atoms with Gasteiger partial charge >= 0.3 is 5.97 Å². The molecule has 0 aliphatic carbocycles. The number of hydrogen-bond acceptors (Lipinski definition) is 3. The molecule has 4 rings (SSSR count). The van der Waals surface area contributed by atoms with Crippen LogP contribution in [0.5, 0.6) is 5.75 Å². The molecule has 0 unspecified atom stereocenters. The molecule has 0 amide bonds. The van der Waals surface area contributed by atoms with Gasteiger partial charge in [-0.15, -0.1) is 0 Å². The highest BCUT2D eigenvalue weighted by Crippen LogP contribution is 2.28. The van der Waals surface area contributed by atoms with Crippen molar-refractivity contribution in [1.82, 2.24) is 4.98 Å². The average molecular weight is 343 g/mol. The molecule has 1 N–H and O–H groups in total. The van der Waals surface area contributed by atoms with E-state index in [0.29, 0.717) is 17.0 Å². The zero-order valence-electron chi connectivity index (χ0n) is 14.3. The number of carboxylic acids is 1. The molecule has 4 heteroatoms. The van der Waals surface area contributed by atoms with Gasteiger partial charge < -0.3 is 9.84 Å². The third kappa shape index (κ3) is 2.75. The standard InChI is InChI=1S/C22H17NO3/c1-14-16-9-4-5-11-18(16)23-19(21(14)22(24)25)13-26-20-12-6-8-15-7-2-3-10-17(15)20/h2-12H,13H2,1H3,(H,24,25). The minimum absolute atomic E-state index is 0.0985. The third-order valence-electron chi connectivity index (χ3n) is 4.55. The molecule has 128 valence electrons. The Morgan fingerprint density at radius 2 is 1.65 bits per heavy atom. The van der Waals surface area contributed by atoms with Crippen LogP contribution in [0.15, 0.2) is 66.7 Å². The van der Waals surface area contributed by atoms with Crippen LogP contribution in [0.4, 0.5) is 0 Å². The van der Waals surface area contributed by atoms with Gasteiger partial charge in [-0.2, -0.15) is 0 Å². The second-order valence-corrected chi connectivity index (χ2v) is 6.15. The van der Waals surface area contributed by atoms with E-state index in [0.717, 1.165) is 21.7 Å². The lowest BCUT2D eigenvalue weighted by atomic mass is 10.0. The number of nitrogens with zero attached hydrogens (tertiary/aromatic N) is 1. The Labute approximate surface area is 150 Å². The Morgan fingerprint density at radius 3 is 2.46 bits per heavy atom. The lowest BCUT2D eigenvalue weighted by Crippen LogP contribution is -2.11. The highest BCUT2D eigenvalue weighted by molar-refractivity contribution is 5.97. The van der Waals surface area contributed by atoms with Crippen LogP contribution in [0.2, 0.25) is 0 Å². The fraction of sp³-hybridized carbons (Fsp3) is 0.0909. The predicted molar refractivity (Wildman–Crippen MR) is 102 cm³/mol. The maximum atomic E-state index is 11.8. The lowest BCUT2D eigenvalue weighted by molar-refractivity contribution is 0.0692. The van der Waals surface area contributed by atoms with Crippen LogP contribution >= 0.6 is 0 Å². The van der Waals surface area contributed by atoms with Crippen LogP contribution in [0, 0.1) is 6.92 Å². The number of aromatic nitrogens is 1. The topological polar surface area (TPSA) is 59.4 Å². The van der Waals surface area contributed by atoms with Gasteiger partial charge in [-0.3, -0.25) is 0 Å². The van der Waals surface area contributed by atoms with Crippen LogP contribution in [0.25, 0.3) is 21.7 Å². The van der Waals surface area contributed by atoms with E-state index in [1.807, 2.05) is 73.7 Å². The van der Waals surface area contributed by atoms with Crippen molar-refractivity contribution in [2.75, 3.05) is 0 Å². The molecule has 0 saturated heterocycles. The number of fused-ring (bicyclic) bond motifs is 2. The fourth-order valence-corrected chi connectivity index (χ4v) is 3.30. The van der Waals surface area contributed by atoms with Crippen LogP contribution in [-0.4, -0.2) is 16.1 Å². The molecule has 26 heavy (non-hydrogen) atoms. The Bertz CT molecular complexity index is 1130. The van der Waals surface area contributed by atoms with Crippen LogP contribution in [-0.2, 0) is 6.61 Å². The number of carboxylic acid groups (broad SMARTS) is 1. The zero-order chi connectivity index (χ0) is 18.1. The van der Waals surface area contributed by atoms with Crippen LogP contribution in [0.1, 0.15) is 21.6 Å². The van der Waals surface area contributed by atoms with Crippen molar-refractivity contribution in [3.05, 3.63) is 83.6 Å². The molecule has 0 spiro atoms. The van der Waals surface area contributed by atoms with Gasteiger partial charge in [0.25, 0.3) is 0 Å². The number of para-hydroxylation sites is 1. The molecule has 1 aromatic heterocycles. The van der Waals surface area contributed by atoms with Crippen molar-refractivity contribution in [3.63, 3.8) is 0 Å². The first-order valence-corrected chi connectivity index (χ1v) is 8.37. The normalized spacial score (nSPS) is 11.0. The monoisotopic (exact) mass is 343 g/mol. The maximum absolute atomic E-state index is 11.8. The first-order chi connectivity index (χ1) is 12.6. The summed E-state index contributed by atoms with van der Waals surface area (Å²) in [5.74, 6) is -0.274. The fourth-order valence-electron chi connectivity index (χ4n) is 3.30. The molecule has 0 aliphatic rings. The first kappa shape index (κ1) is 16.1. The van der Waals surface area contributed by atoms with E-state index < -0.39 is 5.97 Å². The number of aromatic carboxylic acids is 1. The number of carbonyl (C=O) groups is 1. The Morgan fingerprint density at radius 1 is 0.962 bits per heavy atom. The van der Waals surface area contributed by atoms with E-state index in [-0.39, 0.29) is 12.2 Å². The van der Waals surface area contributed by atoms with Crippen molar-refractivity contribution >= 4 is 27.6 Å². The highest BCUT2D eigenvalue weighted by Gasteiger charge is 2.18. The summed E-state index contributed by atoms with van der Waals surface area (Å²) in [4.78, 5) is 16.4. The number of pyridine rings is 1. The minimum Gasteiger partial charge on any atom is -0.487 e. The van der Waals surface area contributed by atoms with E-state index in [2.05, 4.69) is 4.98 Å². The Hall–Kier alpha value is -3.40. The molecule has 1 heterocycles. The summed E-state index contributed by atoms with van der Waals surface area (Å²) in [7, 11) is 0. The van der Waals surface area contributed by atoms with Gasteiger partial charge in [0.05, 0.1) is 16.8 Å². The summed E-state index contributed by atoms with van der Waals surface area (Å²) in [5.41, 5.74) is 2.12. The van der Waals surface area contributed by atoms with Gasteiger partial charge in [0.2, 0.25) is 0 Å². The third-order valence-corrected chi connectivity index (χ3v) is 4.55. The van der Waals surface area contributed by atoms with Gasteiger partial charge in [0.15, 0.2) is 0 Å². The molecule has 0 radical (unpaired) electrons. The molecule has 3 aromatic carbocycles. The summed E-state index contributed by atoms with van der Waals surface area (Å²) in [6.07, 6.45) is 0. The van der Waals surface area contributed by atoms with Crippen molar-refractivity contribution in [2.45, 2.75) is 13.5 Å². The Balaban J connectivity index is 1.77. The molecule has 4 aromatic rings. The summed E-state index contributed by atoms with van der Waals surface area (Å²) in [5, 5.41) is 12.6. The summed E-state index contributed by atoms with van der Waals surface area (Å²) in [6, 6.07) is 21.3. The SMILES string of the molecule is Cc1c(C(=O)O)c(COc2cccc3ccccc23)nc2ccccc12. The van der Waals surface area contributed by atoms with E-state index in [1.54, 1.807) is 0 Å². The van der Waals surface area contributed by atoms with Crippen molar-refractivity contribution in [1.29, 1.82) is 0 Å². The van der Waals surface area contributed by atoms with Crippen molar-refractivity contribution in [2.24, 2.45) is 0 Å². The van der Waals surface area contributed by atoms with E-state index >= 15 is 0 Å². The van der Waals surface area contributed by atoms with Gasteiger partial charge in [-0.25, -0.2) is 9.78 Å². The molecule has 0 aliphatic heterocycles. The lowest BCUT2D eigenvalue weighted by Gasteiger charge is -2.14. The van der Waals surface area contributed by atoms with Gasteiger partial charge in [-0.05, 0) is 30.0 Å². The van der Waals surface area contributed by atoms with E-state index in [1.165, 1.54) is 0 Å². The Kier molecular flexibility index (Phi) is 4.01.